The number of nitro groups is 1. The minimum atomic E-state index is -0.692. The predicted molar refractivity (Wildman–Crippen MR) is 107 cm³/mol. The van der Waals surface area contributed by atoms with Gasteiger partial charge in [0.1, 0.15) is 6.54 Å². The minimum absolute atomic E-state index is 0.0703. The summed E-state index contributed by atoms with van der Waals surface area (Å²) in [6.45, 7) is 0.785. The summed E-state index contributed by atoms with van der Waals surface area (Å²) in [5, 5.41) is 13.7. The van der Waals surface area contributed by atoms with Gasteiger partial charge in [0.25, 0.3) is 5.69 Å². The van der Waals surface area contributed by atoms with E-state index in [2.05, 4.69) is 5.32 Å². The molecule has 1 amide bonds. The van der Waals surface area contributed by atoms with Crippen molar-refractivity contribution in [2.75, 3.05) is 13.2 Å². The van der Waals surface area contributed by atoms with E-state index in [0.717, 1.165) is 19.3 Å². The molecule has 4 aliphatic carbocycles. The Morgan fingerprint density at radius 2 is 1.73 bits per heavy atom. The van der Waals surface area contributed by atoms with Crippen LogP contribution in [0.4, 0.5) is 5.69 Å². The van der Waals surface area contributed by atoms with E-state index in [1.54, 1.807) is 6.92 Å². The van der Waals surface area contributed by atoms with E-state index in [1.807, 2.05) is 0 Å². The second kappa shape index (κ2) is 7.81. The van der Waals surface area contributed by atoms with Gasteiger partial charge in [-0.3, -0.25) is 24.5 Å². The molecule has 1 aromatic rings. The smallest absolute Gasteiger partial charge is 0.325 e. The van der Waals surface area contributed by atoms with Gasteiger partial charge < -0.3 is 10.1 Å². The number of rotatable bonds is 7. The highest BCUT2D eigenvalue weighted by molar-refractivity contribution is 5.98. The van der Waals surface area contributed by atoms with Gasteiger partial charge in [0, 0.05) is 22.6 Å². The van der Waals surface area contributed by atoms with Crippen LogP contribution in [0, 0.1) is 40.2 Å². The van der Waals surface area contributed by atoms with Crippen LogP contribution >= 0.6 is 0 Å². The van der Waals surface area contributed by atoms with Gasteiger partial charge >= 0.3 is 5.97 Å². The predicted octanol–water partition coefficient (Wildman–Crippen LogP) is 2.96. The summed E-state index contributed by atoms with van der Waals surface area (Å²) in [5.41, 5.74) is 0.0553. The molecule has 0 aliphatic heterocycles. The fraction of sp³-hybridized carbons (Fsp3) is 0.591. The Balaban J connectivity index is 1.27. The molecule has 4 saturated carbocycles. The monoisotopic (exact) mass is 414 g/mol. The van der Waals surface area contributed by atoms with Crippen molar-refractivity contribution in [1.29, 1.82) is 0 Å². The summed E-state index contributed by atoms with van der Waals surface area (Å²) >= 11 is 0. The molecule has 0 spiro atoms. The molecule has 4 bridgehead atoms. The van der Waals surface area contributed by atoms with Crippen molar-refractivity contribution >= 4 is 23.3 Å². The number of aryl methyl sites for hydroxylation is 1. The van der Waals surface area contributed by atoms with E-state index in [4.69, 9.17) is 4.74 Å². The highest BCUT2D eigenvalue weighted by Gasteiger charge is 2.54. The standard InChI is InChI=1S/C22H26N2O6/c1-13-2-3-17(7-18(13)24(28)29)19(25)12-30-20(26)11-23-21(27)22-8-14-4-15(9-22)6-16(5-14)10-22/h2-3,7,14-16H,4-6,8-12H2,1H3,(H,23,27). The third-order valence-corrected chi connectivity index (χ3v) is 7.01. The van der Waals surface area contributed by atoms with Crippen LogP contribution in [0.2, 0.25) is 0 Å². The number of Topliss-reactive ketones (excluding diaryl/α,β-unsaturated/α-hetero) is 1. The number of nitrogens with zero attached hydrogens (tertiary/aromatic N) is 1. The Morgan fingerprint density at radius 3 is 2.30 bits per heavy atom. The largest absolute Gasteiger partial charge is 0.456 e. The van der Waals surface area contributed by atoms with Gasteiger partial charge in [-0.05, 0) is 63.2 Å². The van der Waals surface area contributed by atoms with E-state index < -0.39 is 23.3 Å². The molecule has 1 N–H and O–H groups in total. The number of hydrogen-bond donors (Lipinski definition) is 1. The van der Waals surface area contributed by atoms with E-state index in [9.17, 15) is 24.5 Å². The lowest BCUT2D eigenvalue weighted by atomic mass is 9.49. The lowest BCUT2D eigenvalue weighted by Gasteiger charge is -2.55. The number of benzene rings is 1. The lowest BCUT2D eigenvalue weighted by Crippen LogP contribution is -2.54. The van der Waals surface area contributed by atoms with Crippen LogP contribution in [0.3, 0.4) is 0 Å². The normalized spacial score (nSPS) is 28.8. The van der Waals surface area contributed by atoms with Crippen molar-refractivity contribution in [2.45, 2.75) is 45.4 Å². The summed E-state index contributed by atoms with van der Waals surface area (Å²) in [7, 11) is 0. The number of ketones is 1. The molecule has 4 fully saturated rings. The third kappa shape index (κ3) is 3.95. The molecule has 0 unspecified atom stereocenters. The third-order valence-electron chi connectivity index (χ3n) is 7.01. The van der Waals surface area contributed by atoms with Gasteiger partial charge in [-0.15, -0.1) is 0 Å². The van der Waals surface area contributed by atoms with Crippen LogP contribution in [0.1, 0.15) is 54.4 Å². The maximum absolute atomic E-state index is 12.8. The molecule has 0 atom stereocenters. The van der Waals surface area contributed by atoms with Crippen molar-refractivity contribution in [3.8, 4) is 0 Å². The van der Waals surface area contributed by atoms with Crippen LogP contribution in [0.5, 0.6) is 0 Å². The summed E-state index contributed by atoms with van der Waals surface area (Å²) < 4.78 is 4.99. The molecule has 8 heteroatoms. The molecule has 0 aromatic heterocycles. The van der Waals surface area contributed by atoms with Gasteiger partial charge in [0.2, 0.25) is 11.7 Å². The maximum atomic E-state index is 12.8. The fourth-order valence-corrected chi connectivity index (χ4v) is 5.99. The van der Waals surface area contributed by atoms with Crippen molar-refractivity contribution in [2.24, 2.45) is 23.2 Å². The molecule has 1 aromatic carbocycles. The van der Waals surface area contributed by atoms with E-state index in [0.29, 0.717) is 23.3 Å². The highest BCUT2D eigenvalue weighted by Crippen LogP contribution is 2.60. The molecule has 4 aliphatic rings. The summed E-state index contributed by atoms with van der Waals surface area (Å²) in [6.07, 6.45) is 6.41. The van der Waals surface area contributed by atoms with Crippen molar-refractivity contribution in [1.82, 2.24) is 5.32 Å². The Bertz CT molecular complexity index is 874. The molecule has 5 rings (SSSR count). The molecule has 160 valence electrons. The molecule has 30 heavy (non-hydrogen) atoms. The number of hydrogen-bond acceptors (Lipinski definition) is 6. The molecule has 8 nitrogen and oxygen atoms in total. The Morgan fingerprint density at radius 1 is 1.13 bits per heavy atom. The average molecular weight is 414 g/mol. The first kappa shape index (κ1) is 20.5. The van der Waals surface area contributed by atoms with Crippen molar-refractivity contribution < 1.29 is 24.0 Å². The lowest BCUT2D eigenvalue weighted by molar-refractivity contribution is -0.385. The second-order valence-corrected chi connectivity index (χ2v) is 9.22. The van der Waals surface area contributed by atoms with E-state index in [-0.39, 0.29) is 29.1 Å². The van der Waals surface area contributed by atoms with Gasteiger partial charge in [0.05, 0.1) is 4.92 Å². The topological polar surface area (TPSA) is 116 Å². The van der Waals surface area contributed by atoms with Gasteiger partial charge in [-0.1, -0.05) is 12.1 Å². The van der Waals surface area contributed by atoms with E-state index in [1.165, 1.54) is 37.5 Å². The fourth-order valence-electron chi connectivity index (χ4n) is 5.99. The van der Waals surface area contributed by atoms with Crippen LogP contribution in [-0.4, -0.2) is 35.7 Å². The Kier molecular flexibility index (Phi) is 5.34. The Hall–Kier alpha value is -2.77. The van der Waals surface area contributed by atoms with Gasteiger partial charge in [-0.25, -0.2) is 0 Å². The number of carbonyl (C=O) groups excluding carboxylic acids is 3. The van der Waals surface area contributed by atoms with Crippen molar-refractivity contribution in [3.63, 3.8) is 0 Å². The first-order valence-corrected chi connectivity index (χ1v) is 10.5. The zero-order valence-electron chi connectivity index (χ0n) is 17.0. The number of amides is 1. The van der Waals surface area contributed by atoms with Crippen LogP contribution < -0.4 is 5.32 Å². The zero-order valence-corrected chi connectivity index (χ0v) is 17.0. The number of esters is 1. The van der Waals surface area contributed by atoms with Crippen LogP contribution in [0.15, 0.2) is 18.2 Å². The summed E-state index contributed by atoms with van der Waals surface area (Å²) in [6, 6.07) is 4.13. The maximum Gasteiger partial charge on any atom is 0.325 e. The SMILES string of the molecule is Cc1ccc(C(=O)COC(=O)CNC(=O)C23CC4CC(CC(C4)C2)C3)cc1[N+](=O)[O-]. The van der Waals surface area contributed by atoms with Crippen molar-refractivity contribution in [3.05, 3.63) is 39.4 Å². The number of ether oxygens (including phenoxy) is 1. The zero-order chi connectivity index (χ0) is 21.5. The quantitative estimate of drug-likeness (QED) is 0.317. The van der Waals surface area contributed by atoms with E-state index >= 15 is 0 Å². The Labute approximate surface area is 174 Å². The second-order valence-electron chi connectivity index (χ2n) is 9.22. The first-order valence-electron chi connectivity index (χ1n) is 10.5. The number of carbonyl (C=O) groups is 3. The number of nitro benzene ring substituents is 1. The average Bonchev–Trinajstić information content (AvgIpc) is 2.69. The highest BCUT2D eigenvalue weighted by atomic mass is 16.6. The molecular formula is C22H26N2O6. The summed E-state index contributed by atoms with van der Waals surface area (Å²) in [4.78, 5) is 47.6. The van der Waals surface area contributed by atoms with Gasteiger partial charge in [-0.2, -0.15) is 0 Å². The molecule has 0 radical (unpaired) electrons. The number of nitrogens with one attached hydrogen (secondary N) is 1. The van der Waals surface area contributed by atoms with Crippen LogP contribution in [0.25, 0.3) is 0 Å². The van der Waals surface area contributed by atoms with Crippen LogP contribution in [-0.2, 0) is 14.3 Å². The molecule has 0 saturated heterocycles. The minimum Gasteiger partial charge on any atom is -0.456 e. The van der Waals surface area contributed by atoms with Gasteiger partial charge in [0.15, 0.2) is 6.61 Å². The molecule has 0 heterocycles. The summed E-state index contributed by atoms with van der Waals surface area (Å²) in [5.74, 6) is 0.598. The molecular weight excluding hydrogens is 388 g/mol. The first-order chi connectivity index (χ1) is 14.3.